The molecule has 2 N–H and O–H groups in total. The Labute approximate surface area is 183 Å². The molecule has 6 nitrogen and oxygen atoms in total. The number of nitrogens with one attached hydrogen (secondary N) is 2. The van der Waals surface area contributed by atoms with Crippen LogP contribution in [0.3, 0.4) is 0 Å². The van der Waals surface area contributed by atoms with Gasteiger partial charge in [-0.2, -0.15) is 13.2 Å². The first kappa shape index (κ1) is 23.0. The minimum Gasteiger partial charge on any atom is -0.488 e. The van der Waals surface area contributed by atoms with Gasteiger partial charge in [0.05, 0.1) is 6.54 Å². The lowest BCUT2D eigenvalue weighted by Gasteiger charge is -2.16. The van der Waals surface area contributed by atoms with Crippen LogP contribution in [0, 0.1) is 0 Å². The fraction of sp³-hybridized carbons (Fsp3) is 0.368. The molecular weight excluding hydrogens is 500 g/mol. The van der Waals surface area contributed by atoms with E-state index >= 15 is 0 Å². The second kappa shape index (κ2) is 10.5. The van der Waals surface area contributed by atoms with E-state index in [1.54, 1.807) is 13.1 Å². The lowest BCUT2D eigenvalue weighted by molar-refractivity contribution is -0.154. The highest BCUT2D eigenvalue weighted by molar-refractivity contribution is 14.0. The zero-order chi connectivity index (χ0) is 20.0. The number of alkyl halides is 3. The predicted octanol–water partition coefficient (Wildman–Crippen LogP) is 3.31. The van der Waals surface area contributed by atoms with Crippen LogP contribution in [0.5, 0.6) is 11.6 Å². The predicted molar refractivity (Wildman–Crippen MR) is 114 cm³/mol. The second-order valence-corrected chi connectivity index (χ2v) is 6.26. The van der Waals surface area contributed by atoms with Crippen LogP contribution in [0.1, 0.15) is 11.1 Å². The van der Waals surface area contributed by atoms with E-state index in [2.05, 4.69) is 25.3 Å². The summed E-state index contributed by atoms with van der Waals surface area (Å²) in [5, 5.41) is 6.30. The molecule has 3 rings (SSSR count). The molecule has 1 atom stereocenters. The minimum absolute atomic E-state index is 0. The topological polar surface area (TPSA) is 67.8 Å². The number of hydrogen-bond acceptors (Lipinski definition) is 4. The number of rotatable bonds is 6. The third-order valence-corrected chi connectivity index (χ3v) is 4.08. The van der Waals surface area contributed by atoms with Crippen molar-refractivity contribution in [3.8, 4) is 11.6 Å². The molecule has 0 spiro atoms. The monoisotopic (exact) mass is 522 g/mol. The maximum atomic E-state index is 12.2. The van der Waals surface area contributed by atoms with Crippen LogP contribution in [0.2, 0.25) is 0 Å². The van der Waals surface area contributed by atoms with E-state index in [1.165, 1.54) is 17.8 Å². The maximum absolute atomic E-state index is 12.2. The number of hydrogen-bond donors (Lipinski definition) is 2. The summed E-state index contributed by atoms with van der Waals surface area (Å²) in [6.45, 7) is -0.440. The second-order valence-electron chi connectivity index (χ2n) is 6.26. The van der Waals surface area contributed by atoms with E-state index in [0.29, 0.717) is 19.0 Å². The van der Waals surface area contributed by atoms with Gasteiger partial charge in [-0.25, -0.2) is 4.98 Å². The molecule has 0 saturated heterocycles. The standard InChI is InChI=1S/C19H21F3N4O2.HI/c1-23-18(26-11-15-9-14-4-2-3-5-16(14)28-15)25-10-13-6-7-24-17(8-13)27-12-19(20,21)22;/h2-8,15H,9-12H2,1H3,(H2,23,25,26);1H. The summed E-state index contributed by atoms with van der Waals surface area (Å²) in [6.07, 6.45) is -2.16. The lowest BCUT2D eigenvalue weighted by Crippen LogP contribution is -2.41. The summed E-state index contributed by atoms with van der Waals surface area (Å²) in [4.78, 5) is 7.93. The number of nitrogens with zero attached hydrogens (tertiary/aromatic N) is 2. The van der Waals surface area contributed by atoms with Crippen LogP contribution in [-0.2, 0) is 13.0 Å². The molecule has 1 aliphatic rings. The molecule has 158 valence electrons. The molecule has 0 amide bonds. The van der Waals surface area contributed by atoms with Crippen molar-refractivity contribution in [1.29, 1.82) is 0 Å². The van der Waals surface area contributed by atoms with Crippen LogP contribution in [-0.4, -0.2) is 43.4 Å². The molecule has 0 fully saturated rings. The lowest BCUT2D eigenvalue weighted by atomic mass is 10.1. The van der Waals surface area contributed by atoms with E-state index in [4.69, 9.17) is 4.74 Å². The molecule has 10 heteroatoms. The van der Waals surface area contributed by atoms with Crippen molar-refractivity contribution in [3.05, 3.63) is 53.7 Å². The van der Waals surface area contributed by atoms with Crippen molar-refractivity contribution in [2.24, 2.45) is 4.99 Å². The van der Waals surface area contributed by atoms with Crippen molar-refractivity contribution in [3.63, 3.8) is 0 Å². The number of ether oxygens (including phenoxy) is 2. The Hall–Kier alpha value is -2.24. The average molecular weight is 522 g/mol. The summed E-state index contributed by atoms with van der Waals surface area (Å²) in [5.74, 6) is 1.39. The highest BCUT2D eigenvalue weighted by Gasteiger charge is 2.28. The first-order valence-corrected chi connectivity index (χ1v) is 8.76. The Morgan fingerprint density at radius 3 is 2.79 bits per heavy atom. The molecular formula is C19H22F3IN4O2. The summed E-state index contributed by atoms with van der Waals surface area (Å²) in [6, 6.07) is 11.1. The van der Waals surface area contributed by atoms with Gasteiger partial charge in [-0.1, -0.05) is 18.2 Å². The first-order chi connectivity index (χ1) is 13.4. The van der Waals surface area contributed by atoms with Crippen molar-refractivity contribution in [2.75, 3.05) is 20.2 Å². The normalized spacial score (nSPS) is 15.7. The van der Waals surface area contributed by atoms with Gasteiger partial charge in [0.25, 0.3) is 0 Å². The van der Waals surface area contributed by atoms with Crippen molar-refractivity contribution >= 4 is 29.9 Å². The van der Waals surface area contributed by atoms with Gasteiger partial charge in [-0.05, 0) is 23.3 Å². The number of benzene rings is 1. The van der Waals surface area contributed by atoms with E-state index in [0.717, 1.165) is 17.7 Å². The smallest absolute Gasteiger partial charge is 0.422 e. The van der Waals surface area contributed by atoms with E-state index < -0.39 is 12.8 Å². The Kier molecular flexibility index (Phi) is 8.35. The Morgan fingerprint density at radius 1 is 1.28 bits per heavy atom. The molecule has 29 heavy (non-hydrogen) atoms. The first-order valence-electron chi connectivity index (χ1n) is 8.76. The fourth-order valence-electron chi connectivity index (χ4n) is 2.78. The number of para-hydroxylation sites is 1. The maximum Gasteiger partial charge on any atom is 0.422 e. The van der Waals surface area contributed by atoms with E-state index in [1.807, 2.05) is 24.3 Å². The van der Waals surface area contributed by atoms with Crippen LogP contribution in [0.25, 0.3) is 0 Å². The van der Waals surface area contributed by atoms with Gasteiger partial charge in [0.1, 0.15) is 11.9 Å². The molecule has 1 unspecified atom stereocenters. The minimum atomic E-state index is -4.40. The number of guanidine groups is 1. The van der Waals surface area contributed by atoms with Gasteiger partial charge >= 0.3 is 6.18 Å². The van der Waals surface area contributed by atoms with E-state index in [9.17, 15) is 13.2 Å². The Balaban J connectivity index is 0.00000300. The quantitative estimate of drug-likeness (QED) is 0.347. The zero-order valence-corrected chi connectivity index (χ0v) is 18.0. The number of aliphatic imine (C=N–C) groups is 1. The summed E-state index contributed by atoms with van der Waals surface area (Å²) >= 11 is 0. The molecule has 1 aromatic heterocycles. The van der Waals surface area contributed by atoms with Gasteiger partial charge in [0, 0.05) is 32.3 Å². The third-order valence-electron chi connectivity index (χ3n) is 4.08. The van der Waals surface area contributed by atoms with Crippen molar-refractivity contribution in [1.82, 2.24) is 15.6 Å². The molecule has 0 bridgehead atoms. The molecule has 2 heterocycles. The van der Waals surface area contributed by atoms with E-state index in [-0.39, 0.29) is 36.0 Å². The third kappa shape index (κ3) is 7.26. The van der Waals surface area contributed by atoms with Gasteiger partial charge in [-0.3, -0.25) is 4.99 Å². The zero-order valence-electron chi connectivity index (χ0n) is 15.7. The molecule has 0 radical (unpaired) electrons. The average Bonchev–Trinajstić information content (AvgIpc) is 3.09. The number of halogens is 4. The van der Waals surface area contributed by atoms with Crippen LogP contribution < -0.4 is 20.1 Å². The summed E-state index contributed by atoms with van der Waals surface area (Å²) in [5.41, 5.74) is 1.90. The van der Waals surface area contributed by atoms with Gasteiger partial charge < -0.3 is 20.1 Å². The Morgan fingerprint density at radius 2 is 2.07 bits per heavy atom. The van der Waals surface area contributed by atoms with Gasteiger partial charge in [0.2, 0.25) is 5.88 Å². The Bertz CT molecular complexity index is 808. The highest BCUT2D eigenvalue weighted by Crippen LogP contribution is 2.27. The summed E-state index contributed by atoms with van der Waals surface area (Å²) in [7, 11) is 1.64. The number of fused-ring (bicyclic) bond motifs is 1. The van der Waals surface area contributed by atoms with Crippen molar-refractivity contribution < 1.29 is 22.6 Å². The summed E-state index contributed by atoms with van der Waals surface area (Å²) < 4.78 is 47.3. The largest absolute Gasteiger partial charge is 0.488 e. The van der Waals surface area contributed by atoms with Crippen LogP contribution >= 0.6 is 24.0 Å². The molecule has 0 saturated carbocycles. The molecule has 1 aromatic carbocycles. The molecule has 1 aliphatic heterocycles. The van der Waals surface area contributed by atoms with Crippen LogP contribution in [0.4, 0.5) is 13.2 Å². The van der Waals surface area contributed by atoms with Gasteiger partial charge in [-0.15, -0.1) is 24.0 Å². The van der Waals surface area contributed by atoms with Gasteiger partial charge in [0.15, 0.2) is 12.6 Å². The molecule has 2 aromatic rings. The SMILES string of the molecule is CN=C(NCc1ccnc(OCC(F)(F)F)c1)NCC1Cc2ccccc2O1.I. The van der Waals surface area contributed by atoms with Crippen molar-refractivity contribution in [2.45, 2.75) is 25.2 Å². The molecule has 0 aliphatic carbocycles. The number of aromatic nitrogens is 1. The highest BCUT2D eigenvalue weighted by atomic mass is 127. The van der Waals surface area contributed by atoms with Crippen LogP contribution in [0.15, 0.2) is 47.6 Å². The number of pyridine rings is 1. The fourth-order valence-corrected chi connectivity index (χ4v) is 2.78.